The zero-order valence-electron chi connectivity index (χ0n) is 18.6. The number of hydrogen-bond acceptors (Lipinski definition) is 0. The van der Waals surface area contributed by atoms with Crippen molar-refractivity contribution in [2.75, 3.05) is 0 Å². The predicted octanol–water partition coefficient (Wildman–Crippen LogP) is 8.96. The molecule has 0 fully saturated rings. The van der Waals surface area contributed by atoms with Gasteiger partial charge in [0, 0.05) is 22.1 Å². The first kappa shape index (κ1) is 23.0. The number of benzene rings is 4. The molecule has 0 spiro atoms. The molecule has 0 heterocycles. The van der Waals surface area contributed by atoms with E-state index in [-0.39, 0.29) is 10.8 Å². The van der Waals surface area contributed by atoms with E-state index in [4.69, 9.17) is 11.6 Å². The summed E-state index contributed by atoms with van der Waals surface area (Å²) in [4.78, 5) is 0. The monoisotopic (exact) mass is 458 g/mol. The standard InChI is InChI=1S/C30H25ClF2/c1-2-3-4-5-6-21-7-9-22(10-8-21)11-12-23-13-16-26-24(19-23)14-17-27(30(26)33)25-15-18-28(31)29(32)20-25/h7-10,13-20H,2-6H2,1H3. The summed E-state index contributed by atoms with van der Waals surface area (Å²) in [7, 11) is 0. The van der Waals surface area contributed by atoms with Gasteiger partial charge in [0.1, 0.15) is 11.6 Å². The molecule has 4 aromatic rings. The van der Waals surface area contributed by atoms with Crippen LogP contribution in [0.2, 0.25) is 5.02 Å². The molecule has 0 unspecified atom stereocenters. The Morgan fingerprint density at radius 3 is 2.27 bits per heavy atom. The molecule has 0 aliphatic rings. The van der Waals surface area contributed by atoms with Crippen LogP contribution in [0.25, 0.3) is 21.9 Å². The van der Waals surface area contributed by atoms with Gasteiger partial charge in [-0.2, -0.15) is 0 Å². The van der Waals surface area contributed by atoms with Gasteiger partial charge in [0.25, 0.3) is 0 Å². The molecular weight excluding hydrogens is 434 g/mol. The Morgan fingerprint density at radius 2 is 1.52 bits per heavy atom. The van der Waals surface area contributed by atoms with Crippen molar-refractivity contribution in [3.63, 3.8) is 0 Å². The highest BCUT2D eigenvalue weighted by atomic mass is 35.5. The Kier molecular flexibility index (Phi) is 7.43. The van der Waals surface area contributed by atoms with Gasteiger partial charge in [-0.3, -0.25) is 0 Å². The second-order valence-electron chi connectivity index (χ2n) is 8.25. The van der Waals surface area contributed by atoms with E-state index in [0.717, 1.165) is 22.9 Å². The average molecular weight is 459 g/mol. The van der Waals surface area contributed by atoms with E-state index in [1.807, 2.05) is 18.2 Å². The Hall–Kier alpha value is -3.15. The smallest absolute Gasteiger partial charge is 0.142 e. The Bertz CT molecular complexity index is 1330. The molecule has 0 saturated carbocycles. The Balaban J connectivity index is 1.52. The molecule has 4 rings (SSSR count). The van der Waals surface area contributed by atoms with Crippen molar-refractivity contribution >= 4 is 22.4 Å². The second-order valence-corrected chi connectivity index (χ2v) is 8.66. The molecule has 0 radical (unpaired) electrons. The fourth-order valence-corrected chi connectivity index (χ4v) is 4.03. The van der Waals surface area contributed by atoms with E-state index in [1.54, 1.807) is 18.2 Å². The van der Waals surface area contributed by atoms with Crippen molar-refractivity contribution in [2.45, 2.75) is 39.0 Å². The second kappa shape index (κ2) is 10.6. The normalized spacial score (nSPS) is 10.8. The van der Waals surface area contributed by atoms with Crippen LogP contribution in [0, 0.1) is 23.5 Å². The van der Waals surface area contributed by atoms with Gasteiger partial charge in [0.15, 0.2) is 0 Å². The number of halogens is 3. The minimum Gasteiger partial charge on any atom is -0.206 e. The van der Waals surface area contributed by atoms with Crippen LogP contribution in [0.1, 0.15) is 49.3 Å². The summed E-state index contributed by atoms with van der Waals surface area (Å²) in [5.41, 5.74) is 3.91. The molecule has 0 amide bonds. The molecule has 4 aromatic carbocycles. The highest BCUT2D eigenvalue weighted by molar-refractivity contribution is 6.30. The lowest BCUT2D eigenvalue weighted by atomic mass is 9.99. The largest absolute Gasteiger partial charge is 0.206 e. The van der Waals surface area contributed by atoms with Crippen molar-refractivity contribution in [1.29, 1.82) is 0 Å². The first-order valence-electron chi connectivity index (χ1n) is 11.3. The van der Waals surface area contributed by atoms with Gasteiger partial charge in [-0.25, -0.2) is 8.78 Å². The van der Waals surface area contributed by atoms with Gasteiger partial charge < -0.3 is 0 Å². The molecule has 0 aliphatic carbocycles. The predicted molar refractivity (Wildman–Crippen MR) is 135 cm³/mol. The molecule has 0 aliphatic heterocycles. The van der Waals surface area contributed by atoms with Gasteiger partial charge in [-0.1, -0.05) is 86.0 Å². The molecule has 0 nitrogen and oxygen atoms in total. The lowest BCUT2D eigenvalue weighted by Crippen LogP contribution is -1.89. The van der Waals surface area contributed by atoms with Gasteiger partial charge in [-0.15, -0.1) is 0 Å². The van der Waals surface area contributed by atoms with Crippen LogP contribution in [-0.4, -0.2) is 0 Å². The quantitative estimate of drug-likeness (QED) is 0.200. The zero-order chi connectivity index (χ0) is 23.2. The lowest BCUT2D eigenvalue weighted by molar-refractivity contribution is 0.627. The van der Waals surface area contributed by atoms with Crippen molar-refractivity contribution in [1.82, 2.24) is 0 Å². The number of rotatable bonds is 6. The van der Waals surface area contributed by atoms with E-state index in [1.165, 1.54) is 43.4 Å². The molecule has 33 heavy (non-hydrogen) atoms. The van der Waals surface area contributed by atoms with Crippen molar-refractivity contribution < 1.29 is 8.78 Å². The van der Waals surface area contributed by atoms with Crippen LogP contribution >= 0.6 is 11.6 Å². The highest BCUT2D eigenvalue weighted by Gasteiger charge is 2.11. The summed E-state index contributed by atoms with van der Waals surface area (Å²) in [6.45, 7) is 2.22. The topological polar surface area (TPSA) is 0 Å². The van der Waals surface area contributed by atoms with Crippen molar-refractivity contribution in [2.24, 2.45) is 0 Å². The Labute approximate surface area is 199 Å². The van der Waals surface area contributed by atoms with E-state index in [0.29, 0.717) is 16.5 Å². The molecule has 0 N–H and O–H groups in total. The fraction of sp³-hybridized carbons (Fsp3) is 0.200. The van der Waals surface area contributed by atoms with E-state index < -0.39 is 5.82 Å². The fourth-order valence-electron chi connectivity index (χ4n) is 3.91. The number of hydrogen-bond donors (Lipinski definition) is 0. The third-order valence-electron chi connectivity index (χ3n) is 5.81. The van der Waals surface area contributed by atoms with Crippen LogP contribution in [-0.2, 0) is 6.42 Å². The minimum atomic E-state index is -0.566. The van der Waals surface area contributed by atoms with Crippen LogP contribution in [0.5, 0.6) is 0 Å². The summed E-state index contributed by atoms with van der Waals surface area (Å²) < 4.78 is 29.0. The SMILES string of the molecule is CCCCCCc1ccc(C#Cc2ccc3c(F)c(-c4ccc(Cl)c(F)c4)ccc3c2)cc1. The molecule has 0 saturated heterocycles. The molecule has 0 atom stereocenters. The van der Waals surface area contributed by atoms with Gasteiger partial charge >= 0.3 is 0 Å². The van der Waals surface area contributed by atoms with Crippen molar-refractivity contribution in [3.8, 4) is 23.0 Å². The van der Waals surface area contributed by atoms with Crippen LogP contribution in [0.3, 0.4) is 0 Å². The number of aryl methyl sites for hydroxylation is 1. The third-order valence-corrected chi connectivity index (χ3v) is 6.12. The van der Waals surface area contributed by atoms with Crippen LogP contribution in [0.4, 0.5) is 8.78 Å². The molecule has 166 valence electrons. The molecular formula is C30H25ClF2. The minimum absolute atomic E-state index is 0.0183. The first-order valence-corrected chi connectivity index (χ1v) is 11.7. The summed E-state index contributed by atoms with van der Waals surface area (Å²) in [6.07, 6.45) is 6.15. The van der Waals surface area contributed by atoms with E-state index >= 15 is 4.39 Å². The lowest BCUT2D eigenvalue weighted by Gasteiger charge is -2.08. The maximum atomic E-state index is 15.1. The Morgan fingerprint density at radius 1 is 0.758 bits per heavy atom. The molecule has 0 bridgehead atoms. The van der Waals surface area contributed by atoms with Crippen LogP contribution < -0.4 is 0 Å². The number of unbranched alkanes of at least 4 members (excludes halogenated alkanes) is 3. The van der Waals surface area contributed by atoms with Gasteiger partial charge in [0.2, 0.25) is 0 Å². The average Bonchev–Trinajstić information content (AvgIpc) is 2.83. The highest BCUT2D eigenvalue weighted by Crippen LogP contribution is 2.31. The van der Waals surface area contributed by atoms with Gasteiger partial charge in [0.05, 0.1) is 5.02 Å². The summed E-state index contributed by atoms with van der Waals surface area (Å²) in [5.74, 6) is 5.42. The molecule has 0 aromatic heterocycles. The number of fused-ring (bicyclic) bond motifs is 1. The summed E-state index contributed by atoms with van der Waals surface area (Å²) in [6, 6.07) is 21.6. The maximum Gasteiger partial charge on any atom is 0.142 e. The first-order chi connectivity index (χ1) is 16.0. The molecule has 3 heteroatoms. The third kappa shape index (κ3) is 5.62. The van der Waals surface area contributed by atoms with Gasteiger partial charge in [-0.05, 0) is 65.8 Å². The van der Waals surface area contributed by atoms with Crippen molar-refractivity contribution in [3.05, 3.63) is 106 Å². The van der Waals surface area contributed by atoms with E-state index in [9.17, 15) is 4.39 Å². The van der Waals surface area contributed by atoms with Crippen LogP contribution in [0.15, 0.2) is 72.8 Å². The zero-order valence-corrected chi connectivity index (χ0v) is 19.4. The maximum absolute atomic E-state index is 15.1. The summed E-state index contributed by atoms with van der Waals surface area (Å²) in [5, 5.41) is 1.24. The summed E-state index contributed by atoms with van der Waals surface area (Å²) >= 11 is 5.75. The van der Waals surface area contributed by atoms with E-state index in [2.05, 4.69) is 43.0 Å².